The molecule has 0 bridgehead atoms. The van der Waals surface area contributed by atoms with E-state index in [2.05, 4.69) is 0 Å². The summed E-state index contributed by atoms with van der Waals surface area (Å²) in [6, 6.07) is 5.54. The lowest BCUT2D eigenvalue weighted by molar-refractivity contribution is 0.101. The SMILES string of the molecule is COCn1cc(C(C)=O)c2cccc(Cl)c21. The number of halogens is 1. The average molecular weight is 238 g/mol. The van der Waals surface area contributed by atoms with Gasteiger partial charge in [0.05, 0.1) is 10.5 Å². The van der Waals surface area contributed by atoms with Crippen molar-refractivity contribution < 1.29 is 9.53 Å². The third kappa shape index (κ3) is 1.72. The van der Waals surface area contributed by atoms with E-state index in [4.69, 9.17) is 16.3 Å². The van der Waals surface area contributed by atoms with Gasteiger partial charge in [0.1, 0.15) is 6.73 Å². The van der Waals surface area contributed by atoms with E-state index < -0.39 is 0 Å². The molecule has 2 rings (SSSR count). The minimum atomic E-state index is 0.0297. The monoisotopic (exact) mass is 237 g/mol. The van der Waals surface area contributed by atoms with Gasteiger partial charge >= 0.3 is 0 Å². The predicted molar refractivity (Wildman–Crippen MR) is 64.0 cm³/mol. The number of para-hydroxylation sites is 1. The number of carbonyl (C=O) groups is 1. The molecule has 1 aromatic carbocycles. The molecule has 0 atom stereocenters. The minimum Gasteiger partial charge on any atom is -0.364 e. The van der Waals surface area contributed by atoms with Gasteiger partial charge in [-0.2, -0.15) is 0 Å². The summed E-state index contributed by atoms with van der Waals surface area (Å²) in [6.45, 7) is 1.93. The Morgan fingerprint density at radius 1 is 1.50 bits per heavy atom. The van der Waals surface area contributed by atoms with Gasteiger partial charge in [-0.3, -0.25) is 4.79 Å². The molecule has 0 radical (unpaired) electrons. The standard InChI is InChI=1S/C12H12ClNO2/c1-8(15)10-6-14(7-16-2)12-9(10)4-3-5-11(12)13/h3-6H,7H2,1-2H3. The van der Waals surface area contributed by atoms with Crippen molar-refractivity contribution in [1.82, 2.24) is 4.57 Å². The molecule has 2 aromatic rings. The summed E-state index contributed by atoms with van der Waals surface area (Å²) < 4.78 is 6.92. The molecule has 0 N–H and O–H groups in total. The van der Waals surface area contributed by atoms with Crippen LogP contribution in [0, 0.1) is 0 Å². The Kier molecular flexibility index (Phi) is 2.99. The molecule has 0 saturated carbocycles. The first-order valence-corrected chi connectivity index (χ1v) is 5.30. The van der Waals surface area contributed by atoms with E-state index in [1.165, 1.54) is 0 Å². The molecule has 84 valence electrons. The molecule has 1 aromatic heterocycles. The fourth-order valence-corrected chi connectivity index (χ4v) is 2.12. The zero-order valence-corrected chi connectivity index (χ0v) is 9.91. The maximum Gasteiger partial charge on any atom is 0.161 e. The zero-order chi connectivity index (χ0) is 11.7. The zero-order valence-electron chi connectivity index (χ0n) is 9.16. The molecule has 0 aliphatic rings. The van der Waals surface area contributed by atoms with Crippen LogP contribution in [0.15, 0.2) is 24.4 Å². The molecule has 0 amide bonds. The Hall–Kier alpha value is -1.32. The molecule has 3 nitrogen and oxygen atoms in total. The van der Waals surface area contributed by atoms with Crippen LogP contribution in [0.4, 0.5) is 0 Å². The van der Waals surface area contributed by atoms with Crippen molar-refractivity contribution in [1.29, 1.82) is 0 Å². The normalized spacial score (nSPS) is 10.9. The van der Waals surface area contributed by atoms with Crippen molar-refractivity contribution in [2.45, 2.75) is 13.7 Å². The van der Waals surface area contributed by atoms with E-state index in [1.807, 2.05) is 16.7 Å². The van der Waals surface area contributed by atoms with Gasteiger partial charge in [-0.1, -0.05) is 23.7 Å². The van der Waals surface area contributed by atoms with Crippen LogP contribution in [0.2, 0.25) is 5.02 Å². The summed E-state index contributed by atoms with van der Waals surface area (Å²) in [5.74, 6) is 0.0297. The smallest absolute Gasteiger partial charge is 0.161 e. The number of hydrogen-bond donors (Lipinski definition) is 0. The Bertz CT molecular complexity index is 545. The molecule has 4 heteroatoms. The van der Waals surface area contributed by atoms with E-state index in [0.717, 1.165) is 10.9 Å². The van der Waals surface area contributed by atoms with Crippen molar-refractivity contribution in [2.75, 3.05) is 7.11 Å². The van der Waals surface area contributed by atoms with E-state index >= 15 is 0 Å². The first-order valence-electron chi connectivity index (χ1n) is 4.92. The first kappa shape index (κ1) is 11.2. The van der Waals surface area contributed by atoms with Crippen LogP contribution in [0.25, 0.3) is 10.9 Å². The summed E-state index contributed by atoms with van der Waals surface area (Å²) in [7, 11) is 1.61. The van der Waals surface area contributed by atoms with Gasteiger partial charge < -0.3 is 9.30 Å². The first-order chi connectivity index (χ1) is 7.65. The lowest BCUT2D eigenvalue weighted by Crippen LogP contribution is -1.98. The van der Waals surface area contributed by atoms with Gasteiger partial charge in [0, 0.05) is 24.3 Å². The Morgan fingerprint density at radius 2 is 2.25 bits per heavy atom. The number of hydrogen-bond acceptors (Lipinski definition) is 2. The molecule has 16 heavy (non-hydrogen) atoms. The van der Waals surface area contributed by atoms with Gasteiger partial charge in [0.15, 0.2) is 5.78 Å². The maximum atomic E-state index is 11.5. The second kappa shape index (κ2) is 4.28. The summed E-state index contributed by atoms with van der Waals surface area (Å²) >= 11 is 6.13. The molecule has 0 aliphatic carbocycles. The minimum absolute atomic E-state index is 0.0297. The van der Waals surface area contributed by atoms with Crippen molar-refractivity contribution in [3.8, 4) is 0 Å². The van der Waals surface area contributed by atoms with E-state index in [9.17, 15) is 4.79 Å². The fourth-order valence-electron chi connectivity index (χ4n) is 1.84. The summed E-state index contributed by atoms with van der Waals surface area (Å²) in [5.41, 5.74) is 1.52. The van der Waals surface area contributed by atoms with Gasteiger partial charge in [-0.05, 0) is 13.0 Å². The van der Waals surface area contributed by atoms with Crippen molar-refractivity contribution in [2.24, 2.45) is 0 Å². The number of Topliss-reactive ketones (excluding diaryl/α,β-unsaturated/α-hetero) is 1. The lowest BCUT2D eigenvalue weighted by atomic mass is 10.1. The van der Waals surface area contributed by atoms with Gasteiger partial charge in [-0.25, -0.2) is 0 Å². The van der Waals surface area contributed by atoms with Crippen molar-refractivity contribution in [3.05, 3.63) is 35.0 Å². The van der Waals surface area contributed by atoms with Gasteiger partial charge in [-0.15, -0.1) is 0 Å². The third-order valence-corrected chi connectivity index (χ3v) is 2.80. The number of ketones is 1. The lowest BCUT2D eigenvalue weighted by Gasteiger charge is -2.03. The molecule has 0 fully saturated rings. The number of benzene rings is 1. The van der Waals surface area contributed by atoms with Crippen molar-refractivity contribution >= 4 is 28.3 Å². The highest BCUT2D eigenvalue weighted by molar-refractivity contribution is 6.35. The summed E-state index contributed by atoms with van der Waals surface area (Å²) in [5, 5.41) is 1.50. The number of carbonyl (C=O) groups excluding carboxylic acids is 1. The average Bonchev–Trinajstić information content (AvgIpc) is 2.59. The van der Waals surface area contributed by atoms with Gasteiger partial charge in [0.2, 0.25) is 0 Å². The highest BCUT2D eigenvalue weighted by atomic mass is 35.5. The fraction of sp³-hybridized carbons (Fsp3) is 0.250. The van der Waals surface area contributed by atoms with E-state index in [-0.39, 0.29) is 5.78 Å². The quantitative estimate of drug-likeness (QED) is 0.768. The van der Waals surface area contributed by atoms with E-state index in [0.29, 0.717) is 17.3 Å². The third-order valence-electron chi connectivity index (χ3n) is 2.50. The molecular weight excluding hydrogens is 226 g/mol. The van der Waals surface area contributed by atoms with Crippen LogP contribution in [0.3, 0.4) is 0 Å². The Morgan fingerprint density at radius 3 is 2.88 bits per heavy atom. The molecule has 0 aliphatic heterocycles. The van der Waals surface area contributed by atoms with Crippen molar-refractivity contribution in [3.63, 3.8) is 0 Å². The summed E-state index contributed by atoms with van der Waals surface area (Å²) in [6.07, 6.45) is 1.78. The molecule has 0 unspecified atom stereocenters. The molecular formula is C12H12ClNO2. The maximum absolute atomic E-state index is 11.5. The van der Waals surface area contributed by atoms with E-state index in [1.54, 1.807) is 26.3 Å². The molecule has 0 spiro atoms. The Balaban J connectivity index is 2.76. The highest BCUT2D eigenvalue weighted by Crippen LogP contribution is 2.28. The number of aromatic nitrogens is 1. The largest absolute Gasteiger partial charge is 0.364 e. The Labute approximate surface area is 98.6 Å². The van der Waals surface area contributed by atoms with Crippen LogP contribution < -0.4 is 0 Å². The molecule has 0 saturated heterocycles. The van der Waals surface area contributed by atoms with Gasteiger partial charge in [0.25, 0.3) is 0 Å². The predicted octanol–water partition coefficient (Wildman–Crippen LogP) is 3.10. The van der Waals surface area contributed by atoms with Crippen LogP contribution in [0.1, 0.15) is 17.3 Å². The molecule has 1 heterocycles. The number of nitrogens with zero attached hydrogens (tertiary/aromatic N) is 1. The summed E-state index contributed by atoms with van der Waals surface area (Å²) in [4.78, 5) is 11.5. The number of methoxy groups -OCH3 is 1. The number of fused-ring (bicyclic) bond motifs is 1. The number of ether oxygens (including phenoxy) is 1. The number of rotatable bonds is 3. The van der Waals surface area contributed by atoms with Crippen LogP contribution in [-0.4, -0.2) is 17.5 Å². The van der Waals surface area contributed by atoms with Crippen LogP contribution in [-0.2, 0) is 11.5 Å². The highest BCUT2D eigenvalue weighted by Gasteiger charge is 2.13. The van der Waals surface area contributed by atoms with Crippen LogP contribution >= 0.6 is 11.6 Å². The topological polar surface area (TPSA) is 31.2 Å². The second-order valence-corrected chi connectivity index (χ2v) is 4.03. The van der Waals surface area contributed by atoms with Crippen LogP contribution in [0.5, 0.6) is 0 Å². The second-order valence-electron chi connectivity index (χ2n) is 3.62.